The zero-order valence-electron chi connectivity index (χ0n) is 15.4. The Kier molecular flexibility index (Phi) is 3.12. The van der Waals surface area contributed by atoms with E-state index in [0.717, 1.165) is 33.3 Å². The smallest absolute Gasteiger partial charge is 0.212 e. The largest absolute Gasteiger partial charge is 0.454 e. The summed E-state index contributed by atoms with van der Waals surface area (Å²) in [5.41, 5.74) is 5.87. The molecule has 24 heavy (non-hydrogen) atoms. The molecular weight excluding hydrogens is 296 g/mol. The monoisotopic (exact) mass is 318 g/mol. The number of hydrogen-bond acceptors (Lipinski definition) is 2. The van der Waals surface area contributed by atoms with Gasteiger partial charge in [-0.15, -0.1) is 0 Å². The molecule has 4 rings (SSSR count). The third-order valence-corrected chi connectivity index (χ3v) is 4.55. The second kappa shape index (κ2) is 5.45. The lowest BCUT2D eigenvalue weighted by molar-refractivity contribution is -0.660. The van der Waals surface area contributed by atoms with E-state index in [2.05, 4.69) is 54.0 Å². The van der Waals surface area contributed by atoms with Crippen molar-refractivity contribution in [2.24, 2.45) is 7.05 Å². The van der Waals surface area contributed by atoms with E-state index in [1.54, 1.807) is 6.20 Å². The van der Waals surface area contributed by atoms with Gasteiger partial charge < -0.3 is 4.42 Å². The summed E-state index contributed by atoms with van der Waals surface area (Å²) >= 11 is 0. The molecule has 0 saturated carbocycles. The van der Waals surface area contributed by atoms with Gasteiger partial charge in [-0.3, -0.25) is 4.98 Å². The highest BCUT2D eigenvalue weighted by molar-refractivity contribution is 6.06. The predicted molar refractivity (Wildman–Crippen MR) is 97.0 cm³/mol. The second-order valence-electron chi connectivity index (χ2n) is 6.53. The van der Waals surface area contributed by atoms with Crippen LogP contribution >= 0.6 is 0 Å². The molecule has 0 unspecified atom stereocenters. The molecule has 0 amide bonds. The molecule has 0 aliphatic carbocycles. The standard InChI is InChI=1S/C21H21N2O/c1-13(2)18-11-17-16-10-15(19-7-5-6-8-23(19)4)14(3)9-20(16)24-21(17)12-22-18/h5-13H,1-4H3/q+1/i13D. The molecule has 120 valence electrons. The number of furan rings is 1. The summed E-state index contributed by atoms with van der Waals surface area (Å²) in [6.45, 7) is 5.80. The van der Waals surface area contributed by atoms with Crippen LogP contribution in [0.3, 0.4) is 0 Å². The molecule has 0 spiro atoms. The van der Waals surface area contributed by atoms with Gasteiger partial charge in [-0.2, -0.15) is 0 Å². The van der Waals surface area contributed by atoms with Crippen molar-refractivity contribution >= 4 is 21.9 Å². The first-order valence-electron chi connectivity index (χ1n) is 8.63. The van der Waals surface area contributed by atoms with Crippen LogP contribution < -0.4 is 4.57 Å². The minimum Gasteiger partial charge on any atom is -0.454 e. The van der Waals surface area contributed by atoms with Gasteiger partial charge in [-0.1, -0.05) is 13.8 Å². The molecule has 0 saturated heterocycles. The summed E-state index contributed by atoms with van der Waals surface area (Å²) in [4.78, 5) is 4.41. The topological polar surface area (TPSA) is 29.9 Å². The van der Waals surface area contributed by atoms with Crippen molar-refractivity contribution in [2.75, 3.05) is 0 Å². The summed E-state index contributed by atoms with van der Waals surface area (Å²) in [5, 5.41) is 2.08. The summed E-state index contributed by atoms with van der Waals surface area (Å²) in [5.74, 6) is -0.739. The Labute approximate surface area is 143 Å². The van der Waals surface area contributed by atoms with E-state index >= 15 is 0 Å². The molecule has 3 nitrogen and oxygen atoms in total. The Balaban J connectivity index is 2.03. The number of fused-ring (bicyclic) bond motifs is 3. The fraction of sp³-hybridized carbons (Fsp3) is 0.238. The fourth-order valence-electron chi connectivity index (χ4n) is 3.18. The van der Waals surface area contributed by atoms with Crippen LogP contribution in [0.4, 0.5) is 0 Å². The van der Waals surface area contributed by atoms with Gasteiger partial charge >= 0.3 is 0 Å². The zero-order chi connectivity index (χ0) is 17.8. The van der Waals surface area contributed by atoms with Crippen molar-refractivity contribution in [2.45, 2.75) is 26.7 Å². The minimum absolute atomic E-state index is 0.739. The Morgan fingerprint density at radius 3 is 2.67 bits per heavy atom. The number of benzene rings is 1. The number of hydrogen-bond donors (Lipinski definition) is 0. The highest BCUT2D eigenvalue weighted by atomic mass is 16.3. The number of pyridine rings is 2. The van der Waals surface area contributed by atoms with Gasteiger partial charge in [0.1, 0.15) is 12.6 Å². The van der Waals surface area contributed by atoms with Gasteiger partial charge in [0.25, 0.3) is 0 Å². The average molecular weight is 318 g/mol. The second-order valence-corrected chi connectivity index (χ2v) is 6.53. The van der Waals surface area contributed by atoms with Gasteiger partial charge in [0, 0.05) is 35.5 Å². The number of rotatable bonds is 2. The summed E-state index contributed by atoms with van der Waals surface area (Å²) < 4.78 is 16.4. The lowest BCUT2D eigenvalue weighted by Gasteiger charge is -2.05. The predicted octanol–water partition coefficient (Wildman–Crippen LogP) is 4.90. The van der Waals surface area contributed by atoms with Gasteiger partial charge in [0.2, 0.25) is 5.69 Å². The lowest BCUT2D eigenvalue weighted by atomic mass is 10.0. The zero-order valence-corrected chi connectivity index (χ0v) is 14.4. The molecule has 3 heteroatoms. The van der Waals surface area contributed by atoms with E-state index in [4.69, 9.17) is 5.79 Å². The first-order chi connectivity index (χ1) is 11.8. The molecule has 0 atom stereocenters. The van der Waals surface area contributed by atoms with Crippen LogP contribution in [-0.4, -0.2) is 4.98 Å². The highest BCUT2D eigenvalue weighted by Crippen LogP contribution is 2.34. The van der Waals surface area contributed by atoms with Gasteiger partial charge in [-0.05, 0) is 42.6 Å². The first-order valence-corrected chi connectivity index (χ1v) is 8.13. The van der Waals surface area contributed by atoms with Gasteiger partial charge in [0.05, 0.1) is 6.20 Å². The van der Waals surface area contributed by atoms with Crippen LogP contribution in [0.15, 0.2) is 53.2 Å². The summed E-state index contributed by atoms with van der Waals surface area (Å²) in [7, 11) is 2.05. The first kappa shape index (κ1) is 13.7. The molecule has 3 aromatic heterocycles. The van der Waals surface area contributed by atoms with Crippen LogP contribution in [0.5, 0.6) is 0 Å². The van der Waals surface area contributed by atoms with Crippen molar-refractivity contribution in [1.29, 1.82) is 0 Å². The van der Waals surface area contributed by atoms with Gasteiger partial charge in [0.15, 0.2) is 11.8 Å². The molecule has 0 fully saturated rings. The molecule has 1 aromatic carbocycles. The molecule has 0 radical (unpaired) electrons. The number of aryl methyl sites for hydroxylation is 2. The maximum absolute atomic E-state index is 8.25. The molecule has 0 aliphatic heterocycles. The quantitative estimate of drug-likeness (QED) is 0.492. The van der Waals surface area contributed by atoms with Crippen molar-refractivity contribution < 1.29 is 10.4 Å². The molecule has 0 bridgehead atoms. The van der Waals surface area contributed by atoms with Crippen molar-refractivity contribution in [3.8, 4) is 11.3 Å². The molecule has 3 heterocycles. The maximum atomic E-state index is 8.25. The minimum atomic E-state index is -0.739. The Morgan fingerprint density at radius 2 is 1.92 bits per heavy atom. The number of nitrogens with zero attached hydrogens (tertiary/aromatic N) is 2. The Bertz CT molecular complexity index is 1110. The molecule has 0 N–H and O–H groups in total. The molecule has 4 aromatic rings. The lowest BCUT2D eigenvalue weighted by Crippen LogP contribution is -2.30. The normalized spacial score (nSPS) is 12.8. The molecule has 0 aliphatic rings. The van der Waals surface area contributed by atoms with E-state index in [1.165, 1.54) is 11.1 Å². The van der Waals surface area contributed by atoms with Crippen LogP contribution in [0.2, 0.25) is 0 Å². The summed E-state index contributed by atoms with van der Waals surface area (Å²) in [6.07, 6.45) is 3.79. The van der Waals surface area contributed by atoms with E-state index in [1.807, 2.05) is 26.0 Å². The van der Waals surface area contributed by atoms with Crippen LogP contribution in [-0.2, 0) is 7.05 Å². The third-order valence-electron chi connectivity index (χ3n) is 4.55. The van der Waals surface area contributed by atoms with Crippen LogP contribution in [0.1, 0.15) is 32.4 Å². The van der Waals surface area contributed by atoms with E-state index in [9.17, 15) is 0 Å². The maximum Gasteiger partial charge on any atom is 0.212 e. The van der Waals surface area contributed by atoms with Gasteiger partial charge in [-0.25, -0.2) is 4.57 Å². The highest BCUT2D eigenvalue weighted by Gasteiger charge is 2.16. The van der Waals surface area contributed by atoms with Crippen molar-refractivity contribution in [1.82, 2.24) is 4.98 Å². The van der Waals surface area contributed by atoms with E-state index in [0.29, 0.717) is 0 Å². The third kappa shape index (κ3) is 2.28. The average Bonchev–Trinajstić information content (AvgIpc) is 2.90. The number of aromatic nitrogens is 2. The van der Waals surface area contributed by atoms with Crippen LogP contribution in [0.25, 0.3) is 33.2 Å². The van der Waals surface area contributed by atoms with Crippen molar-refractivity contribution in [3.63, 3.8) is 0 Å². The summed E-state index contributed by atoms with van der Waals surface area (Å²) in [6, 6.07) is 12.5. The SMILES string of the molecule is [2H]C(C)(C)c1cc2c(cn1)oc1cc(C)c(-c3cccc[n+]3C)cc12. The van der Waals surface area contributed by atoms with Crippen molar-refractivity contribution in [3.05, 3.63) is 60.0 Å². The Morgan fingerprint density at radius 1 is 1.12 bits per heavy atom. The Hall–Kier alpha value is -2.68. The van der Waals surface area contributed by atoms with Crippen LogP contribution in [0, 0.1) is 6.92 Å². The fourth-order valence-corrected chi connectivity index (χ4v) is 3.18. The van der Waals surface area contributed by atoms with E-state index < -0.39 is 5.89 Å². The molecular formula is C21H21N2O+. The van der Waals surface area contributed by atoms with E-state index in [-0.39, 0.29) is 0 Å².